The van der Waals surface area contributed by atoms with Crippen LogP contribution in [0.4, 0.5) is 13.6 Å². The van der Waals surface area contributed by atoms with Crippen molar-refractivity contribution >= 4 is 43.9 Å². The summed E-state index contributed by atoms with van der Waals surface area (Å²) in [4.78, 5) is 86.1. The van der Waals surface area contributed by atoms with E-state index in [4.69, 9.17) is 21.1 Å². The van der Waals surface area contributed by atoms with E-state index in [9.17, 15) is 42.1 Å². The fraction of sp³-hybridized carbons (Fsp3) is 0.429. The number of alkyl carbamates (subject to hydrolysis) is 1. The van der Waals surface area contributed by atoms with Crippen molar-refractivity contribution in [1.82, 2.24) is 26.6 Å². The Balaban J connectivity index is 1.40. The molecular weight excluding hydrogens is 831 g/mol. The number of amides is 6. The van der Waals surface area contributed by atoms with Crippen molar-refractivity contribution in [2.75, 3.05) is 19.7 Å². The first kappa shape index (κ1) is 48.9. The molecule has 0 fully saturated rings. The Morgan fingerprint density at radius 1 is 0.774 bits per heavy atom. The van der Waals surface area contributed by atoms with E-state index in [0.29, 0.717) is 31.4 Å². The van der Waals surface area contributed by atoms with Crippen LogP contribution >= 0.6 is 8.25 Å². The van der Waals surface area contributed by atoms with Crippen molar-refractivity contribution in [3.05, 3.63) is 95.1 Å². The number of hydrogen-bond donors (Lipinski definition) is 8. The molecule has 0 spiro atoms. The molecular formula is C42H54F2N7O10P. The zero-order valence-corrected chi connectivity index (χ0v) is 35.4. The van der Waals surface area contributed by atoms with Crippen molar-refractivity contribution in [1.29, 1.82) is 0 Å². The number of nitrogens with two attached hydrogens (primary N) is 2. The molecule has 0 saturated carbocycles. The lowest BCUT2D eigenvalue weighted by molar-refractivity contribution is -0.185. The minimum absolute atomic E-state index is 0.00580. The molecule has 5 atom stereocenters. The smallest absolute Gasteiger partial charge is 0.407 e. The van der Waals surface area contributed by atoms with E-state index in [2.05, 4.69) is 31.1 Å². The van der Waals surface area contributed by atoms with Crippen LogP contribution in [-0.2, 0) is 50.3 Å². The van der Waals surface area contributed by atoms with Crippen LogP contribution in [0.2, 0.25) is 0 Å². The third-order valence-electron chi connectivity index (χ3n) is 10.2. The molecule has 17 nitrogen and oxygen atoms in total. The zero-order chi connectivity index (χ0) is 45.4. The van der Waals surface area contributed by atoms with Crippen LogP contribution in [0, 0.1) is 0 Å². The second-order valence-corrected chi connectivity index (χ2v) is 15.6. The van der Waals surface area contributed by atoms with Crippen molar-refractivity contribution in [3.63, 3.8) is 0 Å². The van der Waals surface area contributed by atoms with Crippen LogP contribution in [0.1, 0.15) is 80.5 Å². The van der Waals surface area contributed by atoms with Gasteiger partial charge in [0.25, 0.3) is 0 Å². The van der Waals surface area contributed by atoms with Crippen LogP contribution in [0.5, 0.6) is 0 Å². The van der Waals surface area contributed by atoms with Crippen molar-refractivity contribution in [2.45, 2.75) is 95.0 Å². The lowest BCUT2D eigenvalue weighted by Gasteiger charge is -2.25. The Morgan fingerprint density at radius 3 is 1.92 bits per heavy atom. The summed E-state index contributed by atoms with van der Waals surface area (Å²) in [6.45, 7) is 3.17. The number of fused-ring (bicyclic) bond motifs is 3. The molecule has 4 rings (SSSR count). The Hall–Kier alpha value is -5.75. The van der Waals surface area contributed by atoms with Crippen molar-refractivity contribution in [2.24, 2.45) is 11.5 Å². The number of alkyl halides is 2. The highest BCUT2D eigenvalue weighted by atomic mass is 31.1. The van der Waals surface area contributed by atoms with Crippen LogP contribution in [0.3, 0.4) is 0 Å². The molecule has 0 saturated heterocycles. The normalized spacial score (nSPS) is 14.5. The summed E-state index contributed by atoms with van der Waals surface area (Å²) in [5, 5.41) is 12.9. The number of rotatable bonds is 24. The molecule has 0 aliphatic heterocycles. The largest absolute Gasteiger partial charge is 0.449 e. The number of ether oxygens (including phenoxy) is 1. The van der Waals surface area contributed by atoms with Gasteiger partial charge in [0.15, 0.2) is 0 Å². The molecule has 6 amide bonds. The van der Waals surface area contributed by atoms with Gasteiger partial charge in [-0.2, -0.15) is 8.78 Å². The van der Waals surface area contributed by atoms with Crippen molar-refractivity contribution < 1.29 is 56.3 Å². The van der Waals surface area contributed by atoms with E-state index in [1.54, 1.807) is 0 Å². The highest BCUT2D eigenvalue weighted by molar-refractivity contribution is 7.32. The minimum atomic E-state index is -4.07. The second kappa shape index (κ2) is 23.5. The van der Waals surface area contributed by atoms with E-state index in [0.717, 1.165) is 41.3 Å². The molecule has 336 valence electrons. The van der Waals surface area contributed by atoms with E-state index in [1.807, 2.05) is 48.5 Å². The summed E-state index contributed by atoms with van der Waals surface area (Å²) in [6, 6.07) is 15.4. The second-order valence-electron chi connectivity index (χ2n) is 14.8. The van der Waals surface area contributed by atoms with Crippen molar-refractivity contribution in [3.8, 4) is 11.1 Å². The summed E-state index contributed by atoms with van der Waals surface area (Å²) in [5.41, 5.74) is 14.9. The quantitative estimate of drug-likeness (QED) is 0.0479. The number of nitrogens with one attached hydrogen (secondary N) is 5. The standard InChI is InChI=1S/C42H54F2N7O10P/c1-25(38(54)50-34(37(46)53)15-7-9-21-45)48-39(55)35(51-40(56)36(49-26(2)52)23-27-17-19-28(20-18-27)42(43,44)61-62(58)59)16-8-10-22-47-41(57)60-24-33-31-13-5-3-11-29(31)30-12-4-6-14-32(30)33/h3-6,11-14,17-20,25,33-36,62H,7-10,15-16,21-24,45H2,1-2H3,(H2,46,53)(H,47,57)(H,48,55)(H,49,52)(H,50,54)(H,51,56)(H,58,59). The molecule has 1 aliphatic rings. The number of benzene rings is 3. The summed E-state index contributed by atoms with van der Waals surface area (Å²) in [5.74, 6) is -3.83. The Kier molecular flexibility index (Phi) is 18.5. The number of primary amides is 1. The molecule has 10 N–H and O–H groups in total. The van der Waals surface area contributed by atoms with Gasteiger partial charge in [0.05, 0.1) is 5.56 Å². The summed E-state index contributed by atoms with van der Waals surface area (Å²) in [6.07, 6.45) is -2.96. The maximum Gasteiger partial charge on any atom is 0.407 e. The Bertz CT molecular complexity index is 2030. The lowest BCUT2D eigenvalue weighted by atomic mass is 9.98. The van der Waals surface area contributed by atoms with Gasteiger partial charge in [-0.1, -0.05) is 72.8 Å². The first-order chi connectivity index (χ1) is 29.5. The molecule has 0 bridgehead atoms. The topological polar surface area (TPSA) is 270 Å². The highest BCUT2D eigenvalue weighted by Gasteiger charge is 2.35. The van der Waals surface area contributed by atoms with Crippen LogP contribution < -0.4 is 38.1 Å². The predicted molar refractivity (Wildman–Crippen MR) is 224 cm³/mol. The summed E-state index contributed by atoms with van der Waals surface area (Å²) in [7, 11) is -3.97. The van der Waals surface area contributed by atoms with Gasteiger partial charge in [-0.05, 0) is 79.8 Å². The average Bonchev–Trinajstić information content (AvgIpc) is 3.54. The lowest BCUT2D eigenvalue weighted by Crippen LogP contribution is -2.57. The van der Waals surface area contributed by atoms with E-state index in [-0.39, 0.29) is 44.8 Å². The van der Waals surface area contributed by atoms with Gasteiger partial charge in [0.1, 0.15) is 30.8 Å². The molecule has 62 heavy (non-hydrogen) atoms. The fourth-order valence-corrected chi connectivity index (χ4v) is 7.34. The van der Waals surface area contributed by atoms with Gasteiger partial charge in [0, 0.05) is 25.8 Å². The summed E-state index contributed by atoms with van der Waals surface area (Å²) >= 11 is 0. The molecule has 20 heteroatoms. The van der Waals surface area contributed by atoms with Gasteiger partial charge in [0.2, 0.25) is 29.5 Å². The first-order valence-corrected chi connectivity index (χ1v) is 21.4. The molecule has 5 unspecified atom stereocenters. The molecule has 3 aromatic rings. The maximum absolute atomic E-state index is 14.2. The monoisotopic (exact) mass is 885 g/mol. The summed E-state index contributed by atoms with van der Waals surface area (Å²) < 4.78 is 48.7. The van der Waals surface area contributed by atoms with Gasteiger partial charge < -0.3 is 47.7 Å². The number of carbonyl (C=O) groups excluding carboxylic acids is 6. The number of carbonyl (C=O) groups is 6. The number of hydrogen-bond acceptors (Lipinski definition) is 10. The van der Waals surface area contributed by atoms with Crippen LogP contribution in [0.25, 0.3) is 11.1 Å². The average molecular weight is 886 g/mol. The Labute approximate surface area is 358 Å². The van der Waals surface area contributed by atoms with Gasteiger partial charge in [-0.3, -0.25) is 28.5 Å². The van der Waals surface area contributed by atoms with Crippen LogP contribution in [-0.4, -0.2) is 84.4 Å². The number of unbranched alkanes of at least 4 members (excludes halogenated alkanes) is 2. The van der Waals surface area contributed by atoms with Gasteiger partial charge in [-0.25, -0.2) is 9.32 Å². The molecule has 3 aromatic carbocycles. The third-order valence-corrected chi connectivity index (χ3v) is 10.6. The molecule has 0 aromatic heterocycles. The van der Waals surface area contributed by atoms with E-state index >= 15 is 0 Å². The molecule has 0 heterocycles. The maximum atomic E-state index is 14.2. The minimum Gasteiger partial charge on any atom is -0.449 e. The van der Waals surface area contributed by atoms with E-state index < -0.39 is 79.7 Å². The van der Waals surface area contributed by atoms with Gasteiger partial charge in [-0.15, -0.1) is 0 Å². The first-order valence-electron chi connectivity index (χ1n) is 20.2. The molecule has 0 radical (unpaired) electrons. The molecule has 1 aliphatic carbocycles. The third kappa shape index (κ3) is 14.4. The SMILES string of the molecule is CC(=O)NC(Cc1ccc(C(F)(F)O[PH](=O)O)cc1)C(=O)NC(CCCCNC(=O)OCC1c2ccccc2-c2ccccc21)C(=O)NC(C)C(=O)NC(CCCCN)C(N)=O. The highest BCUT2D eigenvalue weighted by Crippen LogP contribution is 2.44. The predicted octanol–water partition coefficient (Wildman–Crippen LogP) is 2.98. The van der Waals surface area contributed by atoms with Gasteiger partial charge >= 0.3 is 20.5 Å². The van der Waals surface area contributed by atoms with Crippen LogP contribution in [0.15, 0.2) is 72.8 Å². The Morgan fingerprint density at radius 2 is 1.34 bits per heavy atom. The van der Waals surface area contributed by atoms with E-state index in [1.165, 1.54) is 19.1 Å². The number of halogens is 2. The fourth-order valence-electron chi connectivity index (χ4n) is 7.00. The zero-order valence-electron chi connectivity index (χ0n) is 34.4.